The van der Waals surface area contributed by atoms with Gasteiger partial charge in [-0.2, -0.15) is 8.42 Å². The minimum atomic E-state index is -3.67. The summed E-state index contributed by atoms with van der Waals surface area (Å²) in [5.74, 6) is -0.219. The lowest BCUT2D eigenvalue weighted by molar-refractivity contribution is 0.0923. The number of fused-ring (bicyclic) bond motifs is 1. The molecule has 9 nitrogen and oxygen atoms in total. The van der Waals surface area contributed by atoms with Crippen molar-refractivity contribution in [2.75, 3.05) is 18.1 Å². The summed E-state index contributed by atoms with van der Waals surface area (Å²) in [7, 11) is -3.67. The molecule has 0 aliphatic rings. The zero-order chi connectivity index (χ0) is 24.9. The summed E-state index contributed by atoms with van der Waals surface area (Å²) < 4.78 is 27.8. The SMILES string of the molecule is CS(=O)(=O)O.Cc1cccc(C)c1CNc1cc(C(=O)NC[C@@H](C)O)cn2c(C)c(C)nc12. The summed E-state index contributed by atoms with van der Waals surface area (Å²) in [4.78, 5) is 17.2. The van der Waals surface area contributed by atoms with Crippen LogP contribution in [0.1, 0.15) is 45.4 Å². The summed E-state index contributed by atoms with van der Waals surface area (Å²) in [5.41, 5.74) is 7.75. The zero-order valence-corrected chi connectivity index (χ0v) is 20.6. The molecule has 3 rings (SSSR count). The van der Waals surface area contributed by atoms with Crippen LogP contribution in [0.25, 0.3) is 5.65 Å². The molecule has 2 heterocycles. The van der Waals surface area contributed by atoms with Gasteiger partial charge in [-0.05, 0) is 57.4 Å². The van der Waals surface area contributed by atoms with Crippen molar-refractivity contribution in [1.82, 2.24) is 14.7 Å². The largest absolute Gasteiger partial charge is 0.392 e. The quantitative estimate of drug-likeness (QED) is 0.402. The maximum Gasteiger partial charge on any atom is 0.261 e. The van der Waals surface area contributed by atoms with Gasteiger partial charge in [0.15, 0.2) is 5.65 Å². The Bertz CT molecular complexity index is 1220. The van der Waals surface area contributed by atoms with Gasteiger partial charge in [-0.1, -0.05) is 18.2 Å². The first kappa shape index (κ1) is 26.3. The molecule has 0 spiro atoms. The second kappa shape index (κ2) is 10.8. The number of hydrogen-bond acceptors (Lipinski definition) is 6. The highest BCUT2D eigenvalue weighted by Crippen LogP contribution is 2.24. The molecule has 2 aromatic heterocycles. The molecule has 33 heavy (non-hydrogen) atoms. The third-order valence-corrected chi connectivity index (χ3v) is 5.12. The van der Waals surface area contributed by atoms with Crippen molar-refractivity contribution < 1.29 is 22.9 Å². The fourth-order valence-corrected chi connectivity index (χ4v) is 3.28. The Kier molecular flexibility index (Phi) is 8.59. The Morgan fingerprint density at radius 1 is 1.18 bits per heavy atom. The predicted octanol–water partition coefficient (Wildman–Crippen LogP) is 2.79. The van der Waals surface area contributed by atoms with Gasteiger partial charge < -0.3 is 20.1 Å². The number of amides is 1. The molecular weight excluding hydrogens is 444 g/mol. The Hall–Kier alpha value is -2.95. The fraction of sp³-hybridized carbons (Fsp3) is 0.391. The summed E-state index contributed by atoms with van der Waals surface area (Å²) in [6, 6.07) is 8.08. The number of carbonyl (C=O) groups is 1. The first-order valence-electron chi connectivity index (χ1n) is 10.4. The highest BCUT2D eigenvalue weighted by atomic mass is 32.2. The number of aliphatic hydroxyl groups excluding tert-OH is 1. The second-order valence-corrected chi connectivity index (χ2v) is 9.60. The number of aromatic nitrogens is 2. The van der Waals surface area contributed by atoms with Crippen molar-refractivity contribution in [2.45, 2.75) is 47.3 Å². The molecule has 3 aromatic rings. The van der Waals surface area contributed by atoms with Crippen molar-refractivity contribution >= 4 is 27.4 Å². The van der Waals surface area contributed by atoms with Crippen molar-refractivity contribution in [3.63, 3.8) is 0 Å². The first-order valence-corrected chi connectivity index (χ1v) is 12.3. The molecule has 0 fully saturated rings. The highest BCUT2D eigenvalue weighted by molar-refractivity contribution is 7.85. The lowest BCUT2D eigenvalue weighted by Gasteiger charge is -2.14. The van der Waals surface area contributed by atoms with Crippen molar-refractivity contribution in [3.05, 3.63) is 64.1 Å². The molecule has 1 amide bonds. The number of rotatable bonds is 6. The number of aryl methyl sites for hydroxylation is 4. The van der Waals surface area contributed by atoms with Gasteiger partial charge in [0.1, 0.15) is 0 Å². The molecule has 0 unspecified atom stereocenters. The number of hydrogen-bond donors (Lipinski definition) is 4. The van der Waals surface area contributed by atoms with E-state index in [2.05, 4.69) is 47.7 Å². The number of carbonyl (C=O) groups excluding carboxylic acids is 1. The van der Waals surface area contributed by atoms with E-state index in [1.165, 1.54) is 16.7 Å². The van der Waals surface area contributed by atoms with Crippen LogP contribution in [0.5, 0.6) is 0 Å². The lowest BCUT2D eigenvalue weighted by atomic mass is 10.0. The van der Waals surface area contributed by atoms with Crippen molar-refractivity contribution in [3.8, 4) is 0 Å². The Balaban J connectivity index is 0.000000696. The summed E-state index contributed by atoms with van der Waals surface area (Å²) in [5, 5.41) is 15.7. The van der Waals surface area contributed by atoms with E-state index in [0.717, 1.165) is 22.7 Å². The number of imidazole rings is 1. The van der Waals surface area contributed by atoms with E-state index in [1.54, 1.807) is 13.1 Å². The lowest BCUT2D eigenvalue weighted by Crippen LogP contribution is -2.30. The van der Waals surface area contributed by atoms with Gasteiger partial charge in [-0.15, -0.1) is 0 Å². The van der Waals surface area contributed by atoms with Crippen LogP contribution in [0.2, 0.25) is 0 Å². The van der Waals surface area contributed by atoms with Gasteiger partial charge in [-0.25, -0.2) is 4.98 Å². The first-order chi connectivity index (χ1) is 15.3. The number of nitrogens with zero attached hydrogens (tertiary/aromatic N) is 2. The molecule has 0 saturated heterocycles. The van der Waals surface area contributed by atoms with Gasteiger partial charge in [-0.3, -0.25) is 9.35 Å². The molecular formula is C23H32N4O5S. The van der Waals surface area contributed by atoms with Gasteiger partial charge in [0.05, 0.1) is 29.3 Å². The summed E-state index contributed by atoms with van der Waals surface area (Å²) >= 11 is 0. The van der Waals surface area contributed by atoms with E-state index in [9.17, 15) is 18.3 Å². The minimum absolute atomic E-state index is 0.212. The molecule has 0 aliphatic carbocycles. The maximum atomic E-state index is 12.6. The van der Waals surface area contributed by atoms with Crippen LogP contribution < -0.4 is 10.6 Å². The van der Waals surface area contributed by atoms with Crippen LogP contribution in [-0.2, 0) is 16.7 Å². The standard InChI is InChI=1S/C22H28N4O2.CH4O3S/c1-13-7-6-8-14(2)19(13)11-23-20-9-18(22(28)24-10-15(3)27)12-26-17(5)16(4)25-21(20)26;1-5(2,3)4/h6-9,12,15,23,27H,10-11H2,1-5H3,(H,24,28);1H3,(H,2,3,4)/t15-;/m1./s1. The Labute approximate surface area is 194 Å². The van der Waals surface area contributed by atoms with Crippen LogP contribution in [0.4, 0.5) is 5.69 Å². The smallest absolute Gasteiger partial charge is 0.261 e. The average molecular weight is 477 g/mol. The molecule has 180 valence electrons. The molecule has 0 bridgehead atoms. The maximum absolute atomic E-state index is 12.6. The molecule has 10 heteroatoms. The Morgan fingerprint density at radius 2 is 1.76 bits per heavy atom. The monoisotopic (exact) mass is 476 g/mol. The van der Waals surface area contributed by atoms with Crippen molar-refractivity contribution in [1.29, 1.82) is 0 Å². The number of pyridine rings is 1. The van der Waals surface area contributed by atoms with E-state index >= 15 is 0 Å². The van der Waals surface area contributed by atoms with Gasteiger partial charge in [0.25, 0.3) is 16.0 Å². The molecule has 0 saturated carbocycles. The summed E-state index contributed by atoms with van der Waals surface area (Å²) in [6.45, 7) is 10.7. The number of benzene rings is 1. The van der Waals surface area contributed by atoms with Crippen LogP contribution in [-0.4, -0.2) is 52.3 Å². The van der Waals surface area contributed by atoms with E-state index in [4.69, 9.17) is 4.55 Å². The van der Waals surface area contributed by atoms with Crippen LogP contribution >= 0.6 is 0 Å². The van der Waals surface area contributed by atoms with E-state index < -0.39 is 16.2 Å². The third-order valence-electron chi connectivity index (χ3n) is 5.12. The average Bonchev–Trinajstić information content (AvgIpc) is 2.98. The van der Waals surface area contributed by atoms with Crippen LogP contribution in [0.15, 0.2) is 30.5 Å². The predicted molar refractivity (Wildman–Crippen MR) is 129 cm³/mol. The van der Waals surface area contributed by atoms with Crippen molar-refractivity contribution in [2.24, 2.45) is 0 Å². The number of nitrogens with one attached hydrogen (secondary N) is 2. The number of anilines is 1. The topological polar surface area (TPSA) is 133 Å². The Morgan fingerprint density at radius 3 is 2.30 bits per heavy atom. The van der Waals surface area contributed by atoms with E-state index in [1.807, 2.05) is 24.3 Å². The normalized spacial score (nSPS) is 12.1. The number of aliphatic hydroxyl groups is 1. The highest BCUT2D eigenvalue weighted by Gasteiger charge is 2.15. The van der Waals surface area contributed by atoms with Gasteiger partial charge in [0.2, 0.25) is 0 Å². The second-order valence-electron chi connectivity index (χ2n) is 8.13. The van der Waals surface area contributed by atoms with E-state index in [-0.39, 0.29) is 12.5 Å². The van der Waals surface area contributed by atoms with Gasteiger partial charge in [0, 0.05) is 25.0 Å². The van der Waals surface area contributed by atoms with Crippen LogP contribution in [0.3, 0.4) is 0 Å². The van der Waals surface area contributed by atoms with E-state index in [0.29, 0.717) is 18.4 Å². The molecule has 1 aromatic carbocycles. The van der Waals surface area contributed by atoms with Crippen LogP contribution in [0, 0.1) is 27.7 Å². The fourth-order valence-electron chi connectivity index (χ4n) is 3.28. The molecule has 4 N–H and O–H groups in total. The third kappa shape index (κ3) is 7.55. The zero-order valence-electron chi connectivity index (χ0n) is 19.8. The molecule has 0 aliphatic heterocycles. The molecule has 1 atom stereocenters. The van der Waals surface area contributed by atoms with Gasteiger partial charge >= 0.3 is 0 Å². The molecule has 0 radical (unpaired) electrons. The minimum Gasteiger partial charge on any atom is -0.392 e. The summed E-state index contributed by atoms with van der Waals surface area (Å²) in [6.07, 6.45) is 1.92.